The smallest absolute Gasteiger partial charge is 0.407 e. The van der Waals surface area contributed by atoms with Gasteiger partial charge in [-0.1, -0.05) is 0 Å². The summed E-state index contributed by atoms with van der Waals surface area (Å²) in [7, 11) is 2.79. The Labute approximate surface area is 84.4 Å². The Balaban J connectivity index is 4.52. The molecule has 0 saturated carbocycles. The third-order valence-corrected chi connectivity index (χ3v) is 2.22. The first-order valence-electron chi connectivity index (χ1n) is 4.43. The lowest BCUT2D eigenvalue weighted by Crippen LogP contribution is -2.55. The van der Waals surface area contributed by atoms with Crippen molar-refractivity contribution in [1.82, 2.24) is 5.32 Å². The Kier molecular flexibility index (Phi) is 4.87. The van der Waals surface area contributed by atoms with E-state index in [0.29, 0.717) is 0 Å². The molecule has 0 radical (unpaired) electrons. The van der Waals surface area contributed by atoms with Crippen LogP contribution in [0.25, 0.3) is 0 Å². The van der Waals surface area contributed by atoms with E-state index in [1.807, 2.05) is 0 Å². The minimum absolute atomic E-state index is 0.514. The number of carbonyl (C=O) groups excluding carboxylic acids is 1. The lowest BCUT2D eigenvalue weighted by atomic mass is 9.94. The van der Waals surface area contributed by atoms with Gasteiger partial charge in [0, 0.05) is 7.11 Å². The summed E-state index contributed by atoms with van der Waals surface area (Å²) in [5.41, 5.74) is -0.650. The van der Waals surface area contributed by atoms with E-state index in [2.05, 4.69) is 10.1 Å². The topological polar surface area (TPSA) is 67.8 Å². The maximum atomic E-state index is 11.0. The number of aliphatic hydroxyl groups excluding tert-OH is 1. The molecule has 0 aromatic carbocycles. The van der Waals surface area contributed by atoms with Crippen LogP contribution in [0.3, 0.4) is 0 Å². The van der Waals surface area contributed by atoms with E-state index >= 15 is 0 Å². The summed E-state index contributed by atoms with van der Waals surface area (Å²) < 4.78 is 9.63. The Hall–Kier alpha value is -0.810. The highest BCUT2D eigenvalue weighted by atomic mass is 16.5. The van der Waals surface area contributed by atoms with Gasteiger partial charge in [0.15, 0.2) is 0 Å². The number of hydrogen-bond donors (Lipinski definition) is 2. The second-order valence-electron chi connectivity index (χ2n) is 3.66. The standard InChI is InChI=1S/C9H19NO4/c1-6(11)7(9(2,3)14-5)10-8(12)13-4/h6-7,11H,1-5H3,(H,10,12)/t6?,7-/m1/s1. The summed E-state index contributed by atoms with van der Waals surface area (Å²) in [5.74, 6) is 0. The summed E-state index contributed by atoms with van der Waals surface area (Å²) in [4.78, 5) is 11.0. The number of carbonyl (C=O) groups is 1. The quantitative estimate of drug-likeness (QED) is 0.702. The molecule has 0 fully saturated rings. The molecule has 14 heavy (non-hydrogen) atoms. The molecular weight excluding hydrogens is 186 g/mol. The predicted octanol–water partition coefficient (Wildman–Crippen LogP) is 0.517. The molecular formula is C9H19NO4. The molecule has 5 nitrogen and oxygen atoms in total. The summed E-state index contributed by atoms with van der Waals surface area (Å²) in [5, 5.41) is 12.0. The van der Waals surface area contributed by atoms with Gasteiger partial charge in [0.1, 0.15) is 0 Å². The fraction of sp³-hybridized carbons (Fsp3) is 0.889. The van der Waals surface area contributed by atoms with E-state index in [9.17, 15) is 9.90 Å². The molecule has 0 heterocycles. The van der Waals surface area contributed by atoms with Crippen LogP contribution < -0.4 is 5.32 Å². The molecule has 0 saturated heterocycles. The number of aliphatic hydroxyl groups is 1. The van der Waals surface area contributed by atoms with Crippen LogP contribution in [0.1, 0.15) is 20.8 Å². The van der Waals surface area contributed by atoms with Crippen molar-refractivity contribution < 1.29 is 19.4 Å². The summed E-state index contributed by atoms with van der Waals surface area (Å²) >= 11 is 0. The van der Waals surface area contributed by atoms with Crippen LogP contribution in [-0.4, -0.2) is 43.2 Å². The lowest BCUT2D eigenvalue weighted by Gasteiger charge is -2.35. The van der Waals surface area contributed by atoms with Crippen LogP contribution >= 0.6 is 0 Å². The minimum Gasteiger partial charge on any atom is -0.453 e. The molecule has 0 aromatic heterocycles. The second kappa shape index (κ2) is 5.17. The summed E-state index contributed by atoms with van der Waals surface area (Å²) in [6, 6.07) is -0.514. The van der Waals surface area contributed by atoms with Gasteiger partial charge in [-0.25, -0.2) is 4.79 Å². The number of amides is 1. The van der Waals surface area contributed by atoms with E-state index in [1.54, 1.807) is 20.8 Å². The molecule has 84 valence electrons. The first-order valence-corrected chi connectivity index (χ1v) is 4.43. The Morgan fingerprint density at radius 1 is 1.43 bits per heavy atom. The minimum atomic E-state index is -0.718. The first kappa shape index (κ1) is 13.2. The van der Waals surface area contributed by atoms with Crippen molar-refractivity contribution >= 4 is 6.09 Å². The number of hydrogen-bond acceptors (Lipinski definition) is 4. The van der Waals surface area contributed by atoms with Crippen LogP contribution in [0.4, 0.5) is 4.79 Å². The Bertz CT molecular complexity index is 191. The molecule has 0 aliphatic heterocycles. The van der Waals surface area contributed by atoms with E-state index in [1.165, 1.54) is 14.2 Å². The summed E-state index contributed by atoms with van der Waals surface area (Å²) in [6.07, 6.45) is -1.30. The zero-order valence-electron chi connectivity index (χ0n) is 9.33. The van der Waals surface area contributed by atoms with Gasteiger partial charge in [-0.2, -0.15) is 0 Å². The van der Waals surface area contributed by atoms with Crippen molar-refractivity contribution in [2.24, 2.45) is 0 Å². The molecule has 0 spiro atoms. The molecule has 0 aromatic rings. The number of nitrogens with one attached hydrogen (secondary N) is 1. The molecule has 0 rings (SSSR count). The monoisotopic (exact) mass is 205 g/mol. The van der Waals surface area contributed by atoms with E-state index in [0.717, 1.165) is 0 Å². The number of alkyl carbamates (subject to hydrolysis) is 1. The molecule has 1 unspecified atom stereocenters. The van der Waals surface area contributed by atoms with Crippen molar-refractivity contribution in [2.45, 2.75) is 38.5 Å². The highest BCUT2D eigenvalue weighted by Crippen LogP contribution is 2.16. The largest absolute Gasteiger partial charge is 0.453 e. The first-order chi connectivity index (χ1) is 6.35. The van der Waals surface area contributed by atoms with Crippen LogP contribution in [-0.2, 0) is 9.47 Å². The van der Waals surface area contributed by atoms with Gasteiger partial charge in [0.2, 0.25) is 0 Å². The zero-order valence-corrected chi connectivity index (χ0v) is 9.33. The lowest BCUT2D eigenvalue weighted by molar-refractivity contribution is -0.0454. The molecule has 0 bridgehead atoms. The van der Waals surface area contributed by atoms with Crippen molar-refractivity contribution in [3.63, 3.8) is 0 Å². The molecule has 2 N–H and O–H groups in total. The highest BCUT2D eigenvalue weighted by molar-refractivity contribution is 5.67. The van der Waals surface area contributed by atoms with Gasteiger partial charge >= 0.3 is 6.09 Å². The second-order valence-corrected chi connectivity index (χ2v) is 3.66. The van der Waals surface area contributed by atoms with Crippen LogP contribution in [0.15, 0.2) is 0 Å². The van der Waals surface area contributed by atoms with Crippen LogP contribution in [0, 0.1) is 0 Å². The Morgan fingerprint density at radius 2 is 1.93 bits per heavy atom. The zero-order chi connectivity index (χ0) is 11.4. The van der Waals surface area contributed by atoms with Crippen LogP contribution in [0.2, 0.25) is 0 Å². The third-order valence-electron chi connectivity index (χ3n) is 2.22. The van der Waals surface area contributed by atoms with Gasteiger partial charge in [0.25, 0.3) is 0 Å². The maximum absolute atomic E-state index is 11.0. The normalized spacial score (nSPS) is 15.9. The van der Waals surface area contributed by atoms with Gasteiger partial charge in [0.05, 0.1) is 24.9 Å². The molecule has 5 heteroatoms. The maximum Gasteiger partial charge on any atom is 0.407 e. The van der Waals surface area contributed by atoms with Gasteiger partial charge in [-0.3, -0.25) is 0 Å². The number of rotatable bonds is 4. The number of methoxy groups -OCH3 is 2. The van der Waals surface area contributed by atoms with Crippen molar-refractivity contribution in [1.29, 1.82) is 0 Å². The van der Waals surface area contributed by atoms with Crippen molar-refractivity contribution in [3.05, 3.63) is 0 Å². The van der Waals surface area contributed by atoms with Gasteiger partial charge in [-0.05, 0) is 20.8 Å². The van der Waals surface area contributed by atoms with Gasteiger partial charge in [-0.15, -0.1) is 0 Å². The highest BCUT2D eigenvalue weighted by Gasteiger charge is 2.34. The molecule has 1 amide bonds. The van der Waals surface area contributed by atoms with E-state index in [-0.39, 0.29) is 0 Å². The number of ether oxygens (including phenoxy) is 2. The van der Waals surface area contributed by atoms with Gasteiger partial charge < -0.3 is 19.9 Å². The SMILES string of the molecule is COC(=O)N[C@H](C(C)O)C(C)(C)OC. The average molecular weight is 205 g/mol. The molecule has 2 atom stereocenters. The average Bonchev–Trinajstić information content (AvgIpc) is 2.12. The third kappa shape index (κ3) is 3.51. The van der Waals surface area contributed by atoms with Crippen LogP contribution in [0.5, 0.6) is 0 Å². The Morgan fingerprint density at radius 3 is 2.21 bits per heavy atom. The van der Waals surface area contributed by atoms with Crippen molar-refractivity contribution in [2.75, 3.05) is 14.2 Å². The van der Waals surface area contributed by atoms with E-state index in [4.69, 9.17) is 4.74 Å². The predicted molar refractivity (Wildman–Crippen MR) is 52.1 cm³/mol. The fourth-order valence-corrected chi connectivity index (χ4v) is 1.19. The summed E-state index contributed by atoms with van der Waals surface area (Å²) in [6.45, 7) is 5.14. The molecule has 0 aliphatic carbocycles. The van der Waals surface area contributed by atoms with Crippen molar-refractivity contribution in [3.8, 4) is 0 Å². The van der Waals surface area contributed by atoms with E-state index < -0.39 is 23.8 Å². The fourth-order valence-electron chi connectivity index (χ4n) is 1.19. The molecule has 0 aliphatic rings.